The van der Waals surface area contributed by atoms with Crippen molar-refractivity contribution in [3.63, 3.8) is 0 Å². The van der Waals surface area contributed by atoms with Gasteiger partial charge in [-0.3, -0.25) is 9.36 Å². The van der Waals surface area contributed by atoms with Crippen LogP contribution >= 0.6 is 11.6 Å². The Morgan fingerprint density at radius 3 is 2.93 bits per heavy atom. The van der Waals surface area contributed by atoms with Gasteiger partial charge >= 0.3 is 0 Å². The minimum Gasteiger partial charge on any atom is -0.480 e. The smallest absolute Gasteiger partial charge is 0.261 e. The zero-order chi connectivity index (χ0) is 19.8. The van der Waals surface area contributed by atoms with Gasteiger partial charge < -0.3 is 10.1 Å². The van der Waals surface area contributed by atoms with Gasteiger partial charge in [-0.2, -0.15) is 0 Å². The molecule has 29 heavy (non-hydrogen) atoms. The molecule has 2 aromatic carbocycles. The second kappa shape index (κ2) is 7.22. The number of pyridine rings is 1. The molecule has 1 aliphatic heterocycles. The Kier molecular flexibility index (Phi) is 4.41. The first-order valence-corrected chi connectivity index (χ1v) is 9.65. The SMILES string of the molecule is O=C(NCc1ccc(-n2cnc3ccccc32)nc1)C1Cc2cc(Cl)ccc2O1. The molecule has 0 fully saturated rings. The van der Waals surface area contributed by atoms with Crippen molar-refractivity contribution >= 4 is 28.5 Å². The van der Waals surface area contributed by atoms with Crippen molar-refractivity contribution in [2.45, 2.75) is 19.1 Å². The van der Waals surface area contributed by atoms with E-state index in [0.29, 0.717) is 23.7 Å². The van der Waals surface area contributed by atoms with E-state index in [1.807, 2.05) is 47.0 Å². The van der Waals surface area contributed by atoms with Crippen molar-refractivity contribution < 1.29 is 9.53 Å². The molecule has 0 aliphatic carbocycles. The number of benzene rings is 2. The topological polar surface area (TPSA) is 69.0 Å². The van der Waals surface area contributed by atoms with Crippen molar-refractivity contribution in [3.8, 4) is 11.6 Å². The number of aromatic nitrogens is 3. The van der Waals surface area contributed by atoms with Crippen LogP contribution in [0, 0.1) is 0 Å². The van der Waals surface area contributed by atoms with Crippen LogP contribution in [-0.4, -0.2) is 26.5 Å². The Morgan fingerprint density at radius 2 is 2.07 bits per heavy atom. The predicted octanol–water partition coefficient (Wildman–Crippen LogP) is 3.69. The molecule has 2 aromatic heterocycles. The second-order valence-corrected chi connectivity index (χ2v) is 7.34. The summed E-state index contributed by atoms with van der Waals surface area (Å²) in [6.07, 6.45) is 3.50. The third-order valence-corrected chi connectivity index (χ3v) is 5.20. The Labute approximate surface area is 172 Å². The van der Waals surface area contributed by atoms with E-state index < -0.39 is 6.10 Å². The van der Waals surface area contributed by atoms with Crippen molar-refractivity contribution in [2.75, 3.05) is 0 Å². The van der Waals surface area contributed by atoms with Crippen LogP contribution in [-0.2, 0) is 17.8 Å². The molecule has 0 bridgehead atoms. The lowest BCUT2D eigenvalue weighted by Gasteiger charge is -2.11. The fourth-order valence-corrected chi connectivity index (χ4v) is 3.67. The second-order valence-electron chi connectivity index (χ2n) is 6.91. The number of halogens is 1. The number of imidazole rings is 1. The van der Waals surface area contributed by atoms with Gasteiger partial charge in [-0.05, 0) is 47.5 Å². The molecular formula is C22H17ClN4O2. The molecule has 4 aromatic rings. The Hall–Kier alpha value is -3.38. The number of carbonyl (C=O) groups excluding carboxylic acids is 1. The van der Waals surface area contributed by atoms with Crippen LogP contribution in [0.3, 0.4) is 0 Å². The number of ether oxygens (including phenoxy) is 1. The van der Waals surface area contributed by atoms with E-state index in [0.717, 1.165) is 28.0 Å². The monoisotopic (exact) mass is 404 g/mol. The van der Waals surface area contributed by atoms with E-state index in [4.69, 9.17) is 16.3 Å². The fraction of sp³-hybridized carbons (Fsp3) is 0.136. The molecule has 0 radical (unpaired) electrons. The Balaban J connectivity index is 1.23. The van der Waals surface area contributed by atoms with Gasteiger partial charge in [0.15, 0.2) is 6.10 Å². The summed E-state index contributed by atoms with van der Waals surface area (Å²) in [6.45, 7) is 0.383. The number of nitrogens with zero attached hydrogens (tertiary/aromatic N) is 3. The molecule has 1 atom stereocenters. The van der Waals surface area contributed by atoms with E-state index in [9.17, 15) is 4.79 Å². The number of carbonyl (C=O) groups is 1. The molecule has 1 unspecified atom stereocenters. The molecule has 0 spiro atoms. The van der Waals surface area contributed by atoms with Crippen LogP contribution in [0.15, 0.2) is 67.1 Å². The zero-order valence-electron chi connectivity index (χ0n) is 15.4. The summed E-state index contributed by atoms with van der Waals surface area (Å²) in [5.74, 6) is 1.34. The van der Waals surface area contributed by atoms with Gasteiger partial charge in [0.05, 0.1) is 11.0 Å². The van der Waals surface area contributed by atoms with Gasteiger partial charge in [0.2, 0.25) is 0 Å². The number of para-hydroxylation sites is 2. The van der Waals surface area contributed by atoms with Crippen LogP contribution in [0.1, 0.15) is 11.1 Å². The molecule has 1 N–H and O–H groups in total. The average molecular weight is 405 g/mol. The summed E-state index contributed by atoms with van der Waals surface area (Å²) < 4.78 is 7.66. The molecule has 5 rings (SSSR count). The number of hydrogen-bond donors (Lipinski definition) is 1. The molecule has 3 heterocycles. The number of nitrogens with one attached hydrogen (secondary N) is 1. The predicted molar refractivity (Wildman–Crippen MR) is 110 cm³/mol. The highest BCUT2D eigenvalue weighted by atomic mass is 35.5. The van der Waals surface area contributed by atoms with Gasteiger partial charge in [-0.25, -0.2) is 9.97 Å². The first-order chi connectivity index (χ1) is 14.2. The summed E-state index contributed by atoms with van der Waals surface area (Å²) in [4.78, 5) is 21.4. The molecule has 6 nitrogen and oxygen atoms in total. The van der Waals surface area contributed by atoms with E-state index in [2.05, 4.69) is 15.3 Å². The molecule has 1 amide bonds. The maximum Gasteiger partial charge on any atom is 0.261 e. The molecular weight excluding hydrogens is 388 g/mol. The van der Waals surface area contributed by atoms with Crippen molar-refractivity contribution in [3.05, 3.63) is 83.3 Å². The van der Waals surface area contributed by atoms with Gasteiger partial charge in [0, 0.05) is 24.2 Å². The van der Waals surface area contributed by atoms with Crippen LogP contribution in [0.25, 0.3) is 16.9 Å². The standard InChI is InChI=1S/C22H17ClN4O2/c23-16-6-7-19-15(9-16)10-20(29-19)22(28)25-12-14-5-8-21(24-11-14)27-13-26-17-3-1-2-4-18(17)27/h1-9,11,13,20H,10,12H2,(H,25,28). The molecule has 7 heteroatoms. The van der Waals surface area contributed by atoms with E-state index in [1.54, 1.807) is 24.7 Å². The lowest BCUT2D eigenvalue weighted by molar-refractivity contribution is -0.127. The number of amides is 1. The van der Waals surface area contributed by atoms with Gasteiger partial charge in [0.25, 0.3) is 5.91 Å². The van der Waals surface area contributed by atoms with Crippen LogP contribution in [0.5, 0.6) is 5.75 Å². The third-order valence-electron chi connectivity index (χ3n) is 4.97. The first-order valence-electron chi connectivity index (χ1n) is 9.27. The third kappa shape index (κ3) is 3.43. The normalized spacial score (nSPS) is 15.1. The van der Waals surface area contributed by atoms with Gasteiger partial charge in [0.1, 0.15) is 17.9 Å². The summed E-state index contributed by atoms with van der Waals surface area (Å²) in [5, 5.41) is 3.56. The van der Waals surface area contributed by atoms with E-state index in [1.165, 1.54) is 0 Å². The Bertz CT molecular complexity index is 1200. The van der Waals surface area contributed by atoms with Gasteiger partial charge in [-0.1, -0.05) is 29.8 Å². The number of hydrogen-bond acceptors (Lipinski definition) is 4. The van der Waals surface area contributed by atoms with Crippen LogP contribution < -0.4 is 10.1 Å². The molecule has 144 valence electrons. The van der Waals surface area contributed by atoms with E-state index >= 15 is 0 Å². The molecule has 1 aliphatic rings. The fourth-order valence-electron chi connectivity index (χ4n) is 3.47. The minimum atomic E-state index is -0.534. The first kappa shape index (κ1) is 17.7. The van der Waals surface area contributed by atoms with Crippen molar-refractivity contribution in [2.24, 2.45) is 0 Å². The maximum absolute atomic E-state index is 12.5. The summed E-state index contributed by atoms with van der Waals surface area (Å²) in [6, 6.07) is 17.2. The van der Waals surface area contributed by atoms with Crippen molar-refractivity contribution in [1.82, 2.24) is 19.9 Å². The lowest BCUT2D eigenvalue weighted by atomic mass is 10.1. The average Bonchev–Trinajstić information content (AvgIpc) is 3.36. The molecule has 0 saturated carbocycles. The molecule has 0 saturated heterocycles. The summed E-state index contributed by atoms with van der Waals surface area (Å²) in [7, 11) is 0. The quantitative estimate of drug-likeness (QED) is 0.563. The van der Waals surface area contributed by atoms with Crippen molar-refractivity contribution in [1.29, 1.82) is 0 Å². The maximum atomic E-state index is 12.5. The number of fused-ring (bicyclic) bond motifs is 2. The zero-order valence-corrected chi connectivity index (χ0v) is 16.1. The van der Waals surface area contributed by atoms with Crippen LogP contribution in [0.4, 0.5) is 0 Å². The highest BCUT2D eigenvalue weighted by Crippen LogP contribution is 2.31. The summed E-state index contributed by atoms with van der Waals surface area (Å²) in [5.41, 5.74) is 3.78. The Morgan fingerprint density at radius 1 is 1.17 bits per heavy atom. The largest absolute Gasteiger partial charge is 0.480 e. The van der Waals surface area contributed by atoms with E-state index in [-0.39, 0.29) is 5.91 Å². The number of rotatable bonds is 4. The highest BCUT2D eigenvalue weighted by molar-refractivity contribution is 6.30. The van der Waals surface area contributed by atoms with Crippen LogP contribution in [0.2, 0.25) is 5.02 Å². The minimum absolute atomic E-state index is 0.151. The summed E-state index contributed by atoms with van der Waals surface area (Å²) >= 11 is 6.01. The lowest BCUT2D eigenvalue weighted by Crippen LogP contribution is -2.37. The highest BCUT2D eigenvalue weighted by Gasteiger charge is 2.29. The van der Waals surface area contributed by atoms with Gasteiger partial charge in [-0.15, -0.1) is 0 Å².